The first-order valence-corrected chi connectivity index (χ1v) is 13.7. The molecule has 0 aliphatic heterocycles. The van der Waals surface area contributed by atoms with E-state index in [1.54, 1.807) is 6.07 Å². The molecule has 0 unspecified atom stereocenters. The average molecular weight is 526 g/mol. The standard InChI is InChI=1S/C27H28ClN3O4S/c28-22-14-16-26(17-15-22)36(33,34)31(23-9-3-1-4-10-23)20-27(32)30-29-19-21-8-7-13-25(18-21)35-24-11-5-2-6-12-24/h2,5-8,11-19,23H,1,3-4,9-10,20H2,(H,30,32)/b29-19-. The molecule has 1 amide bonds. The van der Waals surface area contributed by atoms with Crippen molar-refractivity contribution in [2.45, 2.75) is 43.0 Å². The smallest absolute Gasteiger partial charge is 0.255 e. The lowest BCUT2D eigenvalue weighted by molar-refractivity contribution is -0.121. The second-order valence-corrected chi connectivity index (χ2v) is 10.9. The first kappa shape index (κ1) is 25.9. The first-order valence-electron chi connectivity index (χ1n) is 11.8. The summed E-state index contributed by atoms with van der Waals surface area (Å²) in [5.41, 5.74) is 3.19. The minimum absolute atomic E-state index is 0.115. The van der Waals surface area contributed by atoms with Crippen molar-refractivity contribution in [3.05, 3.63) is 89.4 Å². The van der Waals surface area contributed by atoms with E-state index in [2.05, 4.69) is 10.5 Å². The van der Waals surface area contributed by atoms with Crippen LogP contribution in [0.25, 0.3) is 0 Å². The van der Waals surface area contributed by atoms with Crippen LogP contribution in [0.4, 0.5) is 0 Å². The highest BCUT2D eigenvalue weighted by Gasteiger charge is 2.33. The number of nitrogens with zero attached hydrogens (tertiary/aromatic N) is 2. The van der Waals surface area contributed by atoms with E-state index in [0.29, 0.717) is 16.5 Å². The number of sulfonamides is 1. The molecule has 4 rings (SSSR count). The molecule has 1 aliphatic rings. The molecule has 1 fully saturated rings. The molecule has 0 saturated heterocycles. The van der Waals surface area contributed by atoms with Crippen LogP contribution in [0.5, 0.6) is 11.5 Å². The topological polar surface area (TPSA) is 88.1 Å². The SMILES string of the molecule is O=C(CN(C1CCCCC1)S(=O)(=O)c1ccc(Cl)cc1)N/N=C\c1cccc(Oc2ccccc2)c1. The number of carbonyl (C=O) groups is 1. The van der Waals surface area contributed by atoms with Gasteiger partial charge in [0, 0.05) is 11.1 Å². The Balaban J connectivity index is 1.43. The summed E-state index contributed by atoms with van der Waals surface area (Å²) in [6, 6.07) is 22.4. The Kier molecular flexibility index (Phi) is 8.74. The number of halogens is 1. The van der Waals surface area contributed by atoms with Crippen molar-refractivity contribution in [1.29, 1.82) is 0 Å². The number of hydrazone groups is 1. The van der Waals surface area contributed by atoms with E-state index in [-0.39, 0.29) is 17.5 Å². The Morgan fingerprint density at radius 2 is 1.67 bits per heavy atom. The third-order valence-corrected chi connectivity index (χ3v) is 8.11. The van der Waals surface area contributed by atoms with Crippen molar-refractivity contribution in [2.75, 3.05) is 6.54 Å². The summed E-state index contributed by atoms with van der Waals surface area (Å²) in [5.74, 6) is 0.838. The third kappa shape index (κ3) is 6.94. The van der Waals surface area contributed by atoms with Crippen molar-refractivity contribution < 1.29 is 17.9 Å². The lowest BCUT2D eigenvalue weighted by Crippen LogP contribution is -2.46. The van der Waals surface area contributed by atoms with Crippen LogP contribution in [0.3, 0.4) is 0 Å². The van der Waals surface area contributed by atoms with Gasteiger partial charge in [0.05, 0.1) is 17.7 Å². The maximum atomic E-state index is 13.4. The molecule has 0 aromatic heterocycles. The molecule has 0 heterocycles. The molecule has 3 aromatic carbocycles. The average Bonchev–Trinajstić information content (AvgIpc) is 2.89. The normalized spacial score (nSPS) is 14.7. The summed E-state index contributed by atoms with van der Waals surface area (Å²) >= 11 is 5.94. The molecular weight excluding hydrogens is 498 g/mol. The summed E-state index contributed by atoms with van der Waals surface area (Å²) < 4.78 is 33.9. The highest BCUT2D eigenvalue weighted by Crippen LogP contribution is 2.28. The summed E-state index contributed by atoms with van der Waals surface area (Å²) in [7, 11) is -3.88. The van der Waals surface area contributed by atoms with E-state index in [4.69, 9.17) is 16.3 Å². The lowest BCUT2D eigenvalue weighted by Gasteiger charge is -2.32. The number of amides is 1. The maximum absolute atomic E-state index is 13.4. The van der Waals surface area contributed by atoms with Crippen molar-refractivity contribution in [3.8, 4) is 11.5 Å². The summed E-state index contributed by atoms with van der Waals surface area (Å²) in [5, 5.41) is 4.48. The number of hydrogen-bond acceptors (Lipinski definition) is 5. The van der Waals surface area contributed by atoms with Crippen LogP contribution in [0, 0.1) is 0 Å². The monoisotopic (exact) mass is 525 g/mol. The van der Waals surface area contributed by atoms with Crippen LogP contribution in [0.2, 0.25) is 5.02 Å². The van der Waals surface area contributed by atoms with Gasteiger partial charge < -0.3 is 4.74 Å². The molecule has 9 heteroatoms. The molecular formula is C27H28ClN3O4S. The van der Waals surface area contributed by atoms with Gasteiger partial charge in [-0.25, -0.2) is 13.8 Å². The van der Waals surface area contributed by atoms with E-state index < -0.39 is 15.9 Å². The third-order valence-electron chi connectivity index (χ3n) is 5.94. The van der Waals surface area contributed by atoms with Crippen LogP contribution in [-0.2, 0) is 14.8 Å². The minimum atomic E-state index is -3.88. The fourth-order valence-electron chi connectivity index (χ4n) is 4.16. The zero-order valence-corrected chi connectivity index (χ0v) is 21.3. The van der Waals surface area contributed by atoms with Crippen LogP contribution in [0.1, 0.15) is 37.7 Å². The zero-order chi connectivity index (χ0) is 25.4. The van der Waals surface area contributed by atoms with Gasteiger partial charge in [0.25, 0.3) is 5.91 Å². The van der Waals surface area contributed by atoms with E-state index in [0.717, 1.165) is 37.7 Å². The van der Waals surface area contributed by atoms with Crippen molar-refractivity contribution >= 4 is 33.7 Å². The van der Waals surface area contributed by atoms with Crippen molar-refractivity contribution in [2.24, 2.45) is 5.10 Å². The number of benzene rings is 3. The molecule has 188 valence electrons. The van der Waals surface area contributed by atoms with Crippen LogP contribution >= 0.6 is 11.6 Å². The Labute approximate surface area is 216 Å². The van der Waals surface area contributed by atoms with Crippen molar-refractivity contribution in [1.82, 2.24) is 9.73 Å². The Hall–Kier alpha value is -3.20. The van der Waals surface area contributed by atoms with Gasteiger partial charge in [-0.05, 0) is 66.9 Å². The molecule has 1 N–H and O–H groups in total. The number of rotatable bonds is 9. The quantitative estimate of drug-likeness (QED) is 0.291. The number of hydrogen-bond donors (Lipinski definition) is 1. The molecule has 3 aromatic rings. The van der Waals surface area contributed by atoms with Crippen LogP contribution in [-0.4, -0.2) is 37.4 Å². The molecule has 0 atom stereocenters. The summed E-state index contributed by atoms with van der Waals surface area (Å²) in [6.45, 7) is -0.315. The number of para-hydroxylation sites is 1. The van der Waals surface area contributed by atoms with Gasteiger partial charge in [-0.15, -0.1) is 0 Å². The largest absolute Gasteiger partial charge is 0.457 e. The summed E-state index contributed by atoms with van der Waals surface area (Å²) in [4.78, 5) is 12.9. The molecule has 1 aliphatic carbocycles. The molecule has 0 bridgehead atoms. The predicted molar refractivity (Wildman–Crippen MR) is 141 cm³/mol. The van der Waals surface area contributed by atoms with Gasteiger partial charge in [-0.3, -0.25) is 4.79 Å². The number of ether oxygens (including phenoxy) is 1. The predicted octanol–water partition coefficient (Wildman–Crippen LogP) is 5.61. The zero-order valence-electron chi connectivity index (χ0n) is 19.7. The van der Waals surface area contributed by atoms with Crippen LogP contribution in [0.15, 0.2) is 88.9 Å². The Bertz CT molecular complexity index is 1290. The van der Waals surface area contributed by atoms with Gasteiger partial charge in [0.2, 0.25) is 10.0 Å². The molecule has 0 spiro atoms. The molecule has 1 saturated carbocycles. The van der Waals surface area contributed by atoms with Gasteiger partial charge in [-0.2, -0.15) is 9.41 Å². The minimum Gasteiger partial charge on any atom is -0.457 e. The van der Waals surface area contributed by atoms with Gasteiger partial charge >= 0.3 is 0 Å². The van der Waals surface area contributed by atoms with E-state index >= 15 is 0 Å². The Morgan fingerprint density at radius 1 is 0.972 bits per heavy atom. The number of nitrogens with one attached hydrogen (secondary N) is 1. The second-order valence-electron chi connectivity index (χ2n) is 8.58. The van der Waals surface area contributed by atoms with Gasteiger partial charge in [-0.1, -0.05) is 61.2 Å². The van der Waals surface area contributed by atoms with Crippen molar-refractivity contribution in [3.63, 3.8) is 0 Å². The highest BCUT2D eigenvalue weighted by molar-refractivity contribution is 7.89. The van der Waals surface area contributed by atoms with E-state index in [1.807, 2.05) is 48.5 Å². The maximum Gasteiger partial charge on any atom is 0.255 e. The first-order chi connectivity index (χ1) is 17.4. The Morgan fingerprint density at radius 3 is 2.39 bits per heavy atom. The molecule has 0 radical (unpaired) electrons. The van der Waals surface area contributed by atoms with Gasteiger partial charge in [0.15, 0.2) is 0 Å². The lowest BCUT2D eigenvalue weighted by atomic mass is 9.95. The highest BCUT2D eigenvalue weighted by atomic mass is 35.5. The second kappa shape index (κ2) is 12.2. The molecule has 7 nitrogen and oxygen atoms in total. The fourth-order valence-corrected chi connectivity index (χ4v) is 5.93. The molecule has 36 heavy (non-hydrogen) atoms. The van der Waals surface area contributed by atoms with E-state index in [1.165, 1.54) is 34.8 Å². The van der Waals surface area contributed by atoms with E-state index in [9.17, 15) is 13.2 Å². The van der Waals surface area contributed by atoms with Gasteiger partial charge in [0.1, 0.15) is 11.5 Å². The van der Waals surface area contributed by atoms with Crippen LogP contribution < -0.4 is 10.2 Å². The fraction of sp³-hybridized carbons (Fsp3) is 0.259. The number of carbonyl (C=O) groups excluding carboxylic acids is 1. The summed E-state index contributed by atoms with van der Waals surface area (Å²) in [6.07, 6.45) is 5.86.